The standard InChI is InChI=1S/C10H14ClNO/c1-7(2)13-10-5-4-9(6-11)8(3)12-10/h4-5,7H,6H2,1-3H3. The summed E-state index contributed by atoms with van der Waals surface area (Å²) < 4.78 is 5.44. The van der Waals surface area contributed by atoms with Crippen molar-refractivity contribution in [3.05, 3.63) is 23.4 Å². The summed E-state index contributed by atoms with van der Waals surface area (Å²) in [5.41, 5.74) is 1.99. The summed E-state index contributed by atoms with van der Waals surface area (Å²) in [4.78, 5) is 4.28. The predicted octanol–water partition coefficient (Wildman–Crippen LogP) is 2.92. The number of rotatable bonds is 3. The normalized spacial score (nSPS) is 10.5. The van der Waals surface area contributed by atoms with Crippen molar-refractivity contribution in [2.75, 3.05) is 0 Å². The largest absolute Gasteiger partial charge is 0.475 e. The molecule has 1 aromatic rings. The Morgan fingerprint density at radius 2 is 2.15 bits per heavy atom. The molecule has 0 amide bonds. The molecule has 0 N–H and O–H groups in total. The van der Waals surface area contributed by atoms with Crippen molar-refractivity contribution in [3.63, 3.8) is 0 Å². The summed E-state index contributed by atoms with van der Waals surface area (Å²) in [6.45, 7) is 5.89. The molecule has 0 spiro atoms. The Bertz CT molecular complexity index is 286. The summed E-state index contributed by atoms with van der Waals surface area (Å²) in [7, 11) is 0. The Kier molecular flexibility index (Phi) is 3.55. The van der Waals surface area contributed by atoms with Crippen LogP contribution in [0.5, 0.6) is 5.88 Å². The molecule has 2 nitrogen and oxygen atoms in total. The van der Waals surface area contributed by atoms with Gasteiger partial charge in [-0.05, 0) is 26.3 Å². The van der Waals surface area contributed by atoms with Crippen LogP contribution in [0.25, 0.3) is 0 Å². The summed E-state index contributed by atoms with van der Waals surface area (Å²) in [6, 6.07) is 3.80. The molecule has 1 aromatic heterocycles. The molecule has 13 heavy (non-hydrogen) atoms. The Morgan fingerprint density at radius 1 is 1.46 bits per heavy atom. The van der Waals surface area contributed by atoms with Crippen LogP contribution in [0.3, 0.4) is 0 Å². The third kappa shape index (κ3) is 2.88. The van der Waals surface area contributed by atoms with E-state index in [1.165, 1.54) is 0 Å². The molecule has 0 fully saturated rings. The molecular weight excluding hydrogens is 186 g/mol. The lowest BCUT2D eigenvalue weighted by Crippen LogP contribution is -2.07. The number of halogens is 1. The van der Waals surface area contributed by atoms with Crippen LogP contribution >= 0.6 is 11.6 Å². The van der Waals surface area contributed by atoms with Crippen molar-refractivity contribution in [2.24, 2.45) is 0 Å². The maximum atomic E-state index is 5.71. The Hall–Kier alpha value is -0.760. The van der Waals surface area contributed by atoms with Gasteiger partial charge in [-0.1, -0.05) is 6.07 Å². The zero-order valence-corrected chi connectivity index (χ0v) is 8.93. The van der Waals surface area contributed by atoms with Gasteiger partial charge in [-0.3, -0.25) is 0 Å². The minimum absolute atomic E-state index is 0.161. The smallest absolute Gasteiger partial charge is 0.213 e. The van der Waals surface area contributed by atoms with E-state index in [0.717, 1.165) is 11.3 Å². The van der Waals surface area contributed by atoms with Gasteiger partial charge in [0.15, 0.2) is 0 Å². The van der Waals surface area contributed by atoms with Gasteiger partial charge >= 0.3 is 0 Å². The SMILES string of the molecule is Cc1nc(OC(C)C)ccc1CCl. The topological polar surface area (TPSA) is 22.1 Å². The molecule has 0 saturated carbocycles. The minimum Gasteiger partial charge on any atom is -0.475 e. The highest BCUT2D eigenvalue weighted by Gasteiger charge is 2.02. The van der Waals surface area contributed by atoms with E-state index in [0.29, 0.717) is 11.8 Å². The molecule has 0 radical (unpaired) electrons. The first-order valence-electron chi connectivity index (χ1n) is 4.32. The quantitative estimate of drug-likeness (QED) is 0.699. The summed E-state index contributed by atoms with van der Waals surface area (Å²) >= 11 is 5.71. The molecular formula is C10H14ClNO. The van der Waals surface area contributed by atoms with E-state index in [9.17, 15) is 0 Å². The summed E-state index contributed by atoms with van der Waals surface area (Å²) in [6.07, 6.45) is 0.161. The molecule has 0 aliphatic heterocycles. The van der Waals surface area contributed by atoms with Crippen LogP contribution in [0.2, 0.25) is 0 Å². The van der Waals surface area contributed by atoms with E-state index < -0.39 is 0 Å². The lowest BCUT2D eigenvalue weighted by Gasteiger charge is -2.10. The van der Waals surface area contributed by atoms with Gasteiger partial charge in [-0.2, -0.15) is 0 Å². The van der Waals surface area contributed by atoms with Crippen LogP contribution in [0.1, 0.15) is 25.1 Å². The van der Waals surface area contributed by atoms with Gasteiger partial charge in [-0.25, -0.2) is 4.98 Å². The van der Waals surface area contributed by atoms with Crippen LogP contribution in [0.4, 0.5) is 0 Å². The third-order valence-corrected chi connectivity index (χ3v) is 1.96. The van der Waals surface area contributed by atoms with Gasteiger partial charge in [0, 0.05) is 17.6 Å². The second kappa shape index (κ2) is 4.47. The van der Waals surface area contributed by atoms with Crippen molar-refractivity contribution in [1.82, 2.24) is 4.98 Å². The predicted molar refractivity (Wildman–Crippen MR) is 54.3 cm³/mol. The van der Waals surface area contributed by atoms with E-state index in [2.05, 4.69) is 4.98 Å². The van der Waals surface area contributed by atoms with Crippen LogP contribution in [-0.2, 0) is 5.88 Å². The molecule has 0 bridgehead atoms. The second-order valence-corrected chi connectivity index (χ2v) is 3.46. The molecule has 1 rings (SSSR count). The second-order valence-electron chi connectivity index (χ2n) is 3.19. The zero-order chi connectivity index (χ0) is 9.84. The molecule has 0 aromatic carbocycles. The molecule has 0 aliphatic carbocycles. The van der Waals surface area contributed by atoms with E-state index in [1.54, 1.807) is 0 Å². The molecule has 72 valence electrons. The number of ether oxygens (including phenoxy) is 1. The zero-order valence-electron chi connectivity index (χ0n) is 8.17. The number of aromatic nitrogens is 1. The van der Waals surface area contributed by atoms with E-state index >= 15 is 0 Å². The van der Waals surface area contributed by atoms with Crippen LogP contribution in [0, 0.1) is 6.92 Å². The fourth-order valence-corrected chi connectivity index (χ4v) is 1.30. The highest BCUT2D eigenvalue weighted by Crippen LogP contribution is 2.15. The number of pyridine rings is 1. The van der Waals surface area contributed by atoms with Crippen LogP contribution in [0.15, 0.2) is 12.1 Å². The first-order chi connectivity index (χ1) is 6.13. The van der Waals surface area contributed by atoms with Crippen LogP contribution < -0.4 is 4.74 Å². The first kappa shape index (κ1) is 10.3. The minimum atomic E-state index is 0.161. The maximum Gasteiger partial charge on any atom is 0.213 e. The van der Waals surface area contributed by atoms with Gasteiger partial charge in [0.25, 0.3) is 0 Å². The van der Waals surface area contributed by atoms with Crippen molar-refractivity contribution < 1.29 is 4.74 Å². The van der Waals surface area contributed by atoms with Gasteiger partial charge in [0.2, 0.25) is 5.88 Å². The molecule has 0 aliphatic rings. The van der Waals surface area contributed by atoms with Crippen molar-refractivity contribution in [1.29, 1.82) is 0 Å². The van der Waals surface area contributed by atoms with Crippen molar-refractivity contribution in [2.45, 2.75) is 32.8 Å². The molecule has 0 unspecified atom stereocenters. The molecule has 3 heteroatoms. The number of alkyl halides is 1. The van der Waals surface area contributed by atoms with Crippen LogP contribution in [-0.4, -0.2) is 11.1 Å². The maximum absolute atomic E-state index is 5.71. The van der Waals surface area contributed by atoms with Gasteiger partial charge in [-0.15, -0.1) is 11.6 Å². The van der Waals surface area contributed by atoms with E-state index in [-0.39, 0.29) is 6.10 Å². The van der Waals surface area contributed by atoms with Gasteiger partial charge in [0.05, 0.1) is 6.10 Å². The van der Waals surface area contributed by atoms with Crippen molar-refractivity contribution >= 4 is 11.6 Å². The molecule has 0 atom stereocenters. The van der Waals surface area contributed by atoms with E-state index in [4.69, 9.17) is 16.3 Å². The number of hydrogen-bond donors (Lipinski definition) is 0. The fourth-order valence-electron chi connectivity index (χ4n) is 1.02. The summed E-state index contributed by atoms with van der Waals surface area (Å²) in [5, 5.41) is 0. The number of nitrogens with zero attached hydrogens (tertiary/aromatic N) is 1. The van der Waals surface area contributed by atoms with E-state index in [1.807, 2.05) is 32.9 Å². The highest BCUT2D eigenvalue weighted by molar-refractivity contribution is 6.17. The average molecular weight is 200 g/mol. The van der Waals surface area contributed by atoms with Gasteiger partial charge in [0.1, 0.15) is 0 Å². The van der Waals surface area contributed by atoms with Crippen molar-refractivity contribution in [3.8, 4) is 5.88 Å². The Morgan fingerprint density at radius 3 is 2.62 bits per heavy atom. The third-order valence-electron chi connectivity index (χ3n) is 1.67. The monoisotopic (exact) mass is 199 g/mol. The molecule has 0 saturated heterocycles. The fraction of sp³-hybridized carbons (Fsp3) is 0.500. The number of hydrogen-bond acceptors (Lipinski definition) is 2. The lowest BCUT2D eigenvalue weighted by atomic mass is 10.2. The highest BCUT2D eigenvalue weighted by atomic mass is 35.5. The lowest BCUT2D eigenvalue weighted by molar-refractivity contribution is 0.232. The Labute approximate surface area is 83.9 Å². The summed E-state index contributed by atoms with van der Waals surface area (Å²) in [5.74, 6) is 1.17. The number of aryl methyl sites for hydroxylation is 1. The first-order valence-corrected chi connectivity index (χ1v) is 4.86. The Balaban J connectivity index is 2.83. The average Bonchev–Trinajstić information content (AvgIpc) is 2.03. The molecule has 1 heterocycles. The van der Waals surface area contributed by atoms with Gasteiger partial charge < -0.3 is 4.74 Å².